The summed E-state index contributed by atoms with van der Waals surface area (Å²) in [6.45, 7) is 3.21. The van der Waals surface area contributed by atoms with Crippen molar-refractivity contribution in [3.63, 3.8) is 0 Å². The molecule has 2 aromatic rings. The molecule has 0 aliphatic carbocycles. The third-order valence-electron chi connectivity index (χ3n) is 5.53. The molecule has 2 aliphatic heterocycles. The van der Waals surface area contributed by atoms with Gasteiger partial charge in [-0.1, -0.05) is 0 Å². The Morgan fingerprint density at radius 1 is 1.37 bits per heavy atom. The lowest BCUT2D eigenvalue weighted by Gasteiger charge is -2.51. The summed E-state index contributed by atoms with van der Waals surface area (Å²) in [6, 6.07) is 1.93. The molecule has 4 rings (SSSR count). The normalized spacial score (nSPS) is 21.8. The Balaban J connectivity index is 1.40. The van der Waals surface area contributed by atoms with Crippen molar-refractivity contribution >= 4 is 17.5 Å². The standard InChI is InChI=1S/C19H25F2N9/c1-13-6-23-17(27-15-8-26-29(2)9-15)28-16(13)30-11-18(12-30,3-4-22)25-7-14-5-19(20,21)10-24-14/h6,8-9,14,24-25H,3,5,7,10-12H2,1-2H3,(H,23,27,28)/t14-/m1/s1. The summed E-state index contributed by atoms with van der Waals surface area (Å²) in [5, 5.41) is 22.7. The molecule has 0 bridgehead atoms. The van der Waals surface area contributed by atoms with Crippen molar-refractivity contribution in [2.75, 3.05) is 36.4 Å². The molecule has 4 heterocycles. The van der Waals surface area contributed by atoms with Gasteiger partial charge in [0.15, 0.2) is 0 Å². The van der Waals surface area contributed by atoms with Gasteiger partial charge in [-0.15, -0.1) is 0 Å². The van der Waals surface area contributed by atoms with Gasteiger partial charge in [0.05, 0.1) is 36.5 Å². The Morgan fingerprint density at radius 2 is 2.17 bits per heavy atom. The van der Waals surface area contributed by atoms with Crippen LogP contribution in [0.25, 0.3) is 0 Å². The maximum atomic E-state index is 13.4. The maximum absolute atomic E-state index is 13.4. The van der Waals surface area contributed by atoms with Crippen LogP contribution >= 0.6 is 0 Å². The van der Waals surface area contributed by atoms with Gasteiger partial charge in [-0.3, -0.25) is 4.68 Å². The monoisotopic (exact) mass is 417 g/mol. The molecule has 160 valence electrons. The molecule has 2 aromatic heterocycles. The fourth-order valence-electron chi connectivity index (χ4n) is 3.98. The Hall–Kier alpha value is -2.84. The maximum Gasteiger partial charge on any atom is 0.261 e. The van der Waals surface area contributed by atoms with Crippen LogP contribution in [0.2, 0.25) is 0 Å². The lowest BCUT2D eigenvalue weighted by molar-refractivity contribution is 0.0208. The molecule has 9 nitrogen and oxygen atoms in total. The van der Waals surface area contributed by atoms with E-state index in [2.05, 4.69) is 42.0 Å². The summed E-state index contributed by atoms with van der Waals surface area (Å²) in [7, 11) is 1.83. The Morgan fingerprint density at radius 3 is 2.80 bits per heavy atom. The van der Waals surface area contributed by atoms with Gasteiger partial charge in [-0.05, 0) is 6.92 Å². The predicted octanol–water partition coefficient (Wildman–Crippen LogP) is 1.32. The van der Waals surface area contributed by atoms with Gasteiger partial charge < -0.3 is 20.9 Å². The predicted molar refractivity (Wildman–Crippen MR) is 108 cm³/mol. The fraction of sp³-hybridized carbons (Fsp3) is 0.579. The molecule has 0 saturated carbocycles. The highest BCUT2D eigenvalue weighted by Gasteiger charge is 2.45. The van der Waals surface area contributed by atoms with Crippen molar-refractivity contribution in [1.29, 1.82) is 5.26 Å². The molecule has 3 N–H and O–H groups in total. The molecular weight excluding hydrogens is 392 g/mol. The Labute approximate surface area is 173 Å². The van der Waals surface area contributed by atoms with Crippen LogP contribution in [0.4, 0.5) is 26.2 Å². The highest BCUT2D eigenvalue weighted by molar-refractivity contribution is 5.57. The molecule has 2 saturated heterocycles. The molecule has 2 aliphatic rings. The summed E-state index contributed by atoms with van der Waals surface area (Å²) in [6.07, 6.45) is 5.39. The van der Waals surface area contributed by atoms with Crippen LogP contribution < -0.4 is 20.9 Å². The molecule has 0 spiro atoms. The largest absolute Gasteiger partial charge is 0.352 e. The van der Waals surface area contributed by atoms with Crippen molar-refractivity contribution in [3.8, 4) is 6.07 Å². The highest BCUT2D eigenvalue weighted by atomic mass is 19.3. The van der Waals surface area contributed by atoms with Gasteiger partial charge in [0.1, 0.15) is 5.82 Å². The number of aromatic nitrogens is 4. The second-order valence-electron chi connectivity index (χ2n) is 8.22. The first kappa shape index (κ1) is 20.4. The number of nitrogens with one attached hydrogen (secondary N) is 3. The number of nitrogens with zero attached hydrogens (tertiary/aromatic N) is 6. The van der Waals surface area contributed by atoms with E-state index in [-0.39, 0.29) is 19.0 Å². The lowest BCUT2D eigenvalue weighted by atomic mass is 9.86. The topological polar surface area (TPSA) is 107 Å². The number of hydrogen-bond donors (Lipinski definition) is 3. The second-order valence-corrected chi connectivity index (χ2v) is 8.22. The van der Waals surface area contributed by atoms with Crippen LogP contribution in [0.15, 0.2) is 18.6 Å². The van der Waals surface area contributed by atoms with Crippen molar-refractivity contribution in [3.05, 3.63) is 24.2 Å². The third kappa shape index (κ3) is 4.34. The van der Waals surface area contributed by atoms with Crippen molar-refractivity contribution < 1.29 is 8.78 Å². The van der Waals surface area contributed by atoms with Crippen molar-refractivity contribution in [2.45, 2.75) is 37.3 Å². The molecular formula is C19H25F2N9. The number of aryl methyl sites for hydroxylation is 2. The number of rotatable bonds is 7. The average molecular weight is 417 g/mol. The first-order valence-corrected chi connectivity index (χ1v) is 9.85. The van der Waals surface area contributed by atoms with E-state index < -0.39 is 11.5 Å². The van der Waals surface area contributed by atoms with Crippen LogP contribution in [0.1, 0.15) is 18.4 Å². The zero-order valence-electron chi connectivity index (χ0n) is 17.0. The number of nitriles is 1. The smallest absolute Gasteiger partial charge is 0.261 e. The average Bonchev–Trinajstić information content (AvgIpc) is 3.23. The van der Waals surface area contributed by atoms with E-state index in [1.165, 1.54) is 0 Å². The van der Waals surface area contributed by atoms with Gasteiger partial charge in [-0.25, -0.2) is 13.8 Å². The van der Waals surface area contributed by atoms with Gasteiger partial charge >= 0.3 is 0 Å². The number of halogens is 2. The van der Waals surface area contributed by atoms with Gasteiger partial charge in [-0.2, -0.15) is 15.3 Å². The van der Waals surface area contributed by atoms with Crippen LogP contribution in [-0.4, -0.2) is 63.4 Å². The molecule has 11 heteroatoms. The summed E-state index contributed by atoms with van der Waals surface area (Å²) < 4.78 is 28.5. The lowest BCUT2D eigenvalue weighted by Crippen LogP contribution is -2.70. The number of hydrogen-bond acceptors (Lipinski definition) is 8. The first-order chi connectivity index (χ1) is 14.3. The van der Waals surface area contributed by atoms with E-state index in [1.54, 1.807) is 17.1 Å². The summed E-state index contributed by atoms with van der Waals surface area (Å²) >= 11 is 0. The van der Waals surface area contributed by atoms with Crippen LogP contribution in [-0.2, 0) is 7.05 Å². The zero-order valence-corrected chi connectivity index (χ0v) is 17.0. The van der Waals surface area contributed by atoms with Crippen molar-refractivity contribution in [1.82, 2.24) is 30.4 Å². The molecule has 2 fully saturated rings. The van der Waals surface area contributed by atoms with Crippen LogP contribution in [0.3, 0.4) is 0 Å². The van der Waals surface area contributed by atoms with E-state index in [1.807, 2.05) is 20.2 Å². The molecule has 0 aromatic carbocycles. The first-order valence-electron chi connectivity index (χ1n) is 9.85. The van der Waals surface area contributed by atoms with E-state index >= 15 is 0 Å². The molecule has 0 amide bonds. The SMILES string of the molecule is Cc1cnc(Nc2cnn(C)c2)nc1N1CC(CC#N)(NC[C@H]2CC(F)(F)CN2)C1. The Bertz CT molecular complexity index is 946. The minimum Gasteiger partial charge on any atom is -0.352 e. The van der Waals surface area contributed by atoms with Gasteiger partial charge in [0.25, 0.3) is 5.92 Å². The molecule has 1 atom stereocenters. The van der Waals surface area contributed by atoms with E-state index in [0.29, 0.717) is 32.0 Å². The van der Waals surface area contributed by atoms with E-state index in [9.17, 15) is 14.0 Å². The van der Waals surface area contributed by atoms with E-state index in [0.717, 1.165) is 17.1 Å². The summed E-state index contributed by atoms with van der Waals surface area (Å²) in [5.41, 5.74) is 1.29. The minimum atomic E-state index is -2.66. The van der Waals surface area contributed by atoms with Gasteiger partial charge in [0.2, 0.25) is 5.95 Å². The van der Waals surface area contributed by atoms with Gasteiger partial charge in [0, 0.05) is 57.1 Å². The summed E-state index contributed by atoms with van der Waals surface area (Å²) in [4.78, 5) is 11.0. The second kappa shape index (κ2) is 7.77. The number of alkyl halides is 2. The van der Waals surface area contributed by atoms with Crippen LogP contribution in [0, 0.1) is 18.3 Å². The zero-order chi connectivity index (χ0) is 21.4. The summed E-state index contributed by atoms with van der Waals surface area (Å²) in [5.74, 6) is -1.40. The highest BCUT2D eigenvalue weighted by Crippen LogP contribution is 2.32. The quantitative estimate of drug-likeness (QED) is 0.619. The van der Waals surface area contributed by atoms with E-state index in [4.69, 9.17) is 0 Å². The van der Waals surface area contributed by atoms with Crippen LogP contribution in [0.5, 0.6) is 0 Å². The number of anilines is 3. The Kier molecular flexibility index (Phi) is 5.29. The fourth-order valence-corrected chi connectivity index (χ4v) is 3.98. The molecule has 0 radical (unpaired) electrons. The third-order valence-corrected chi connectivity index (χ3v) is 5.53. The minimum absolute atomic E-state index is 0.180. The molecule has 30 heavy (non-hydrogen) atoms. The van der Waals surface area contributed by atoms with Crippen molar-refractivity contribution in [2.24, 2.45) is 7.05 Å². The molecule has 0 unspecified atom stereocenters.